The second kappa shape index (κ2) is 8.33. The van der Waals surface area contributed by atoms with E-state index in [1.807, 2.05) is 18.2 Å². The molecule has 0 fully saturated rings. The van der Waals surface area contributed by atoms with E-state index >= 15 is 0 Å². The number of esters is 1. The van der Waals surface area contributed by atoms with Crippen LogP contribution in [0.3, 0.4) is 0 Å². The number of halogens is 1. The third kappa shape index (κ3) is 5.10. The third-order valence-corrected chi connectivity index (χ3v) is 3.55. The van der Waals surface area contributed by atoms with Crippen molar-refractivity contribution in [3.05, 3.63) is 64.1 Å². The van der Waals surface area contributed by atoms with Gasteiger partial charge in [-0.15, -0.1) is 0 Å². The van der Waals surface area contributed by atoms with E-state index in [1.165, 1.54) is 0 Å². The molecule has 0 unspecified atom stereocenters. The van der Waals surface area contributed by atoms with E-state index in [9.17, 15) is 9.59 Å². The number of nitrogens with one attached hydrogen (secondary N) is 1. The summed E-state index contributed by atoms with van der Waals surface area (Å²) in [6.45, 7) is -0.118. The zero-order valence-electron chi connectivity index (χ0n) is 12.5. The van der Waals surface area contributed by atoms with Crippen molar-refractivity contribution < 1.29 is 19.1 Å². The zero-order chi connectivity index (χ0) is 16.7. The highest BCUT2D eigenvalue weighted by Gasteiger charge is 2.10. The van der Waals surface area contributed by atoms with Gasteiger partial charge in [-0.3, -0.25) is 9.59 Å². The van der Waals surface area contributed by atoms with Crippen molar-refractivity contribution >= 4 is 27.8 Å². The molecule has 0 heterocycles. The Morgan fingerprint density at radius 2 is 1.87 bits per heavy atom. The van der Waals surface area contributed by atoms with Crippen molar-refractivity contribution in [2.24, 2.45) is 0 Å². The van der Waals surface area contributed by atoms with Crippen molar-refractivity contribution in [2.75, 3.05) is 13.7 Å². The molecule has 0 spiro atoms. The van der Waals surface area contributed by atoms with Gasteiger partial charge in [-0.25, -0.2) is 0 Å². The molecule has 0 aliphatic heterocycles. The van der Waals surface area contributed by atoms with Gasteiger partial charge in [0.2, 0.25) is 0 Å². The van der Waals surface area contributed by atoms with Gasteiger partial charge in [0.15, 0.2) is 0 Å². The van der Waals surface area contributed by atoms with E-state index in [-0.39, 0.29) is 19.1 Å². The van der Waals surface area contributed by atoms with Crippen LogP contribution < -0.4 is 10.1 Å². The Bertz CT molecular complexity index is 688. The Hall–Kier alpha value is -2.34. The molecule has 0 aliphatic rings. The van der Waals surface area contributed by atoms with Crippen LogP contribution in [-0.4, -0.2) is 25.5 Å². The van der Waals surface area contributed by atoms with Crippen molar-refractivity contribution in [1.82, 2.24) is 5.32 Å². The van der Waals surface area contributed by atoms with E-state index in [4.69, 9.17) is 9.47 Å². The normalized spacial score (nSPS) is 10.0. The molecule has 23 heavy (non-hydrogen) atoms. The summed E-state index contributed by atoms with van der Waals surface area (Å²) < 4.78 is 11.2. The number of benzene rings is 2. The van der Waals surface area contributed by atoms with Crippen molar-refractivity contribution in [1.29, 1.82) is 0 Å². The lowest BCUT2D eigenvalue weighted by Gasteiger charge is -2.10. The molecule has 6 heteroatoms. The topological polar surface area (TPSA) is 64.6 Å². The van der Waals surface area contributed by atoms with Gasteiger partial charge in [0, 0.05) is 15.6 Å². The molecule has 120 valence electrons. The van der Waals surface area contributed by atoms with Crippen LogP contribution in [0.2, 0.25) is 0 Å². The molecule has 2 rings (SSSR count). The van der Waals surface area contributed by atoms with Gasteiger partial charge in [0.25, 0.3) is 5.91 Å². The molecule has 2 aromatic carbocycles. The molecule has 0 aliphatic carbocycles. The first kappa shape index (κ1) is 17.0. The monoisotopic (exact) mass is 377 g/mol. The zero-order valence-corrected chi connectivity index (χ0v) is 14.1. The maximum atomic E-state index is 11.8. The maximum absolute atomic E-state index is 11.8. The minimum Gasteiger partial charge on any atom is -0.496 e. The number of amides is 1. The largest absolute Gasteiger partial charge is 0.496 e. The highest BCUT2D eigenvalue weighted by molar-refractivity contribution is 9.10. The number of rotatable bonds is 6. The lowest BCUT2D eigenvalue weighted by Crippen LogP contribution is -2.30. The Morgan fingerprint density at radius 1 is 1.13 bits per heavy atom. The summed E-state index contributed by atoms with van der Waals surface area (Å²) in [4.78, 5) is 23.6. The predicted molar refractivity (Wildman–Crippen MR) is 89.3 cm³/mol. The quantitative estimate of drug-likeness (QED) is 0.786. The molecule has 1 N–H and O–H groups in total. The average Bonchev–Trinajstić information content (AvgIpc) is 2.58. The Morgan fingerprint density at radius 3 is 2.57 bits per heavy atom. The van der Waals surface area contributed by atoms with Crippen molar-refractivity contribution in [3.63, 3.8) is 0 Å². The molecular weight excluding hydrogens is 362 g/mol. The van der Waals surface area contributed by atoms with Gasteiger partial charge in [-0.05, 0) is 30.3 Å². The number of hydrogen-bond donors (Lipinski definition) is 1. The van der Waals surface area contributed by atoms with Crippen molar-refractivity contribution in [2.45, 2.75) is 6.61 Å². The van der Waals surface area contributed by atoms with E-state index in [2.05, 4.69) is 21.2 Å². The SMILES string of the molecule is COc1ccc(Br)cc1COC(=O)CNC(=O)c1ccccc1. The van der Waals surface area contributed by atoms with Gasteiger partial charge in [0.1, 0.15) is 18.9 Å². The molecule has 2 aromatic rings. The lowest BCUT2D eigenvalue weighted by molar-refractivity contribution is -0.143. The molecule has 0 saturated carbocycles. The standard InChI is InChI=1S/C17H16BrNO4/c1-22-15-8-7-14(18)9-13(15)11-23-16(20)10-19-17(21)12-5-3-2-4-6-12/h2-9H,10-11H2,1H3,(H,19,21). The van der Waals surface area contributed by atoms with E-state index in [0.717, 1.165) is 10.0 Å². The summed E-state index contributed by atoms with van der Waals surface area (Å²) in [6, 6.07) is 14.1. The molecule has 5 nitrogen and oxygen atoms in total. The predicted octanol–water partition coefficient (Wildman–Crippen LogP) is 2.93. The van der Waals surface area contributed by atoms with Crippen LogP contribution in [-0.2, 0) is 16.1 Å². The van der Waals surface area contributed by atoms with E-state index < -0.39 is 5.97 Å². The Kier molecular flexibility index (Phi) is 6.17. The van der Waals surface area contributed by atoms with E-state index in [0.29, 0.717) is 11.3 Å². The summed E-state index contributed by atoms with van der Waals surface area (Å²) in [6.07, 6.45) is 0. The van der Waals surface area contributed by atoms with Crippen LogP contribution in [0, 0.1) is 0 Å². The number of carbonyl (C=O) groups excluding carboxylic acids is 2. The first-order chi connectivity index (χ1) is 11.1. The van der Waals surface area contributed by atoms with Crippen LogP contribution in [0.1, 0.15) is 15.9 Å². The summed E-state index contributed by atoms with van der Waals surface area (Å²) in [5, 5.41) is 2.52. The molecule has 0 bridgehead atoms. The first-order valence-electron chi connectivity index (χ1n) is 6.91. The fourth-order valence-corrected chi connectivity index (χ4v) is 2.32. The number of carbonyl (C=O) groups is 2. The van der Waals surface area contributed by atoms with Gasteiger partial charge in [-0.1, -0.05) is 34.1 Å². The van der Waals surface area contributed by atoms with Crippen LogP contribution in [0.4, 0.5) is 0 Å². The summed E-state index contributed by atoms with van der Waals surface area (Å²) >= 11 is 3.36. The van der Waals surface area contributed by atoms with Crippen molar-refractivity contribution in [3.8, 4) is 5.75 Å². The van der Waals surface area contributed by atoms with Gasteiger partial charge in [0.05, 0.1) is 7.11 Å². The molecule has 0 atom stereocenters. The molecule has 0 radical (unpaired) electrons. The van der Waals surface area contributed by atoms with Gasteiger partial charge in [-0.2, -0.15) is 0 Å². The molecular formula is C17H16BrNO4. The van der Waals surface area contributed by atoms with Crippen LogP contribution in [0.5, 0.6) is 5.75 Å². The fourth-order valence-electron chi connectivity index (χ4n) is 1.91. The second-order valence-electron chi connectivity index (χ2n) is 4.67. The van der Waals surface area contributed by atoms with E-state index in [1.54, 1.807) is 37.4 Å². The minimum atomic E-state index is -0.517. The second-order valence-corrected chi connectivity index (χ2v) is 5.58. The summed E-state index contributed by atoms with van der Waals surface area (Å²) in [5.74, 6) is -0.201. The van der Waals surface area contributed by atoms with Crippen LogP contribution in [0.15, 0.2) is 53.0 Å². The molecule has 0 aromatic heterocycles. The Balaban J connectivity index is 1.84. The number of hydrogen-bond acceptors (Lipinski definition) is 4. The number of methoxy groups -OCH3 is 1. The molecule has 1 amide bonds. The smallest absolute Gasteiger partial charge is 0.325 e. The van der Waals surface area contributed by atoms with Crippen LogP contribution >= 0.6 is 15.9 Å². The summed E-state index contributed by atoms with van der Waals surface area (Å²) in [5.41, 5.74) is 1.23. The average molecular weight is 378 g/mol. The van der Waals surface area contributed by atoms with Crippen LogP contribution in [0.25, 0.3) is 0 Å². The highest BCUT2D eigenvalue weighted by atomic mass is 79.9. The third-order valence-electron chi connectivity index (χ3n) is 3.06. The highest BCUT2D eigenvalue weighted by Crippen LogP contribution is 2.23. The molecule has 0 saturated heterocycles. The minimum absolute atomic E-state index is 0.0721. The fraction of sp³-hybridized carbons (Fsp3) is 0.176. The number of ether oxygens (including phenoxy) is 2. The first-order valence-corrected chi connectivity index (χ1v) is 7.70. The Labute approximate surface area is 142 Å². The maximum Gasteiger partial charge on any atom is 0.325 e. The lowest BCUT2D eigenvalue weighted by atomic mass is 10.2. The van der Waals surface area contributed by atoms with Gasteiger partial charge >= 0.3 is 5.97 Å². The summed E-state index contributed by atoms with van der Waals surface area (Å²) in [7, 11) is 1.55. The van der Waals surface area contributed by atoms with Gasteiger partial charge < -0.3 is 14.8 Å².